The van der Waals surface area contributed by atoms with Crippen LogP contribution in [0.5, 0.6) is 0 Å². The summed E-state index contributed by atoms with van der Waals surface area (Å²) in [5, 5.41) is 0. The molecule has 0 unspecified atom stereocenters. The topological polar surface area (TPSA) is 0 Å². The Morgan fingerprint density at radius 3 is 1.94 bits per heavy atom. The normalized spacial score (nSPS) is 11.9. The molecule has 0 saturated carbocycles. The van der Waals surface area contributed by atoms with E-state index in [1.807, 2.05) is 0 Å². The quantitative estimate of drug-likeness (QED) is 0.242. The molecular weight excluding hydrogens is 216 g/mol. The van der Waals surface area contributed by atoms with Gasteiger partial charge in [0.2, 0.25) is 0 Å². The Morgan fingerprint density at radius 1 is 0.750 bits per heavy atom. The van der Waals surface area contributed by atoms with Gasteiger partial charge in [0.05, 0.1) is 0 Å². The molecule has 0 spiro atoms. The molecule has 16 heavy (non-hydrogen) atoms. The number of hydrogen-bond donors (Lipinski definition) is 0. The van der Waals surface area contributed by atoms with Gasteiger partial charge in [-0.3, -0.25) is 0 Å². The van der Waals surface area contributed by atoms with Crippen LogP contribution < -0.4 is 0 Å². The molecule has 0 amide bonds. The van der Waals surface area contributed by atoms with E-state index in [9.17, 15) is 0 Å². The van der Waals surface area contributed by atoms with Gasteiger partial charge in [-0.25, -0.2) is 0 Å². The Hall–Kier alpha value is -0.230. The van der Waals surface area contributed by atoms with Crippen LogP contribution in [-0.4, -0.2) is 5.88 Å². The third-order valence-corrected chi connectivity index (χ3v) is 2.89. The number of hydrogen-bond acceptors (Lipinski definition) is 0. The van der Waals surface area contributed by atoms with Crippen molar-refractivity contribution in [3.05, 3.63) is 24.3 Å². The molecule has 0 aromatic heterocycles. The summed E-state index contributed by atoms with van der Waals surface area (Å²) in [5.74, 6) is 0.829. The van der Waals surface area contributed by atoms with E-state index in [0.717, 1.165) is 12.3 Å². The number of unbranched alkanes of at least 4 members (excludes halogenated alkanes) is 7. The van der Waals surface area contributed by atoms with Crippen LogP contribution in [0.3, 0.4) is 0 Å². The molecule has 94 valence electrons. The maximum absolute atomic E-state index is 5.62. The van der Waals surface area contributed by atoms with Gasteiger partial charge in [-0.05, 0) is 25.7 Å². The third-order valence-electron chi connectivity index (χ3n) is 2.62. The van der Waals surface area contributed by atoms with Gasteiger partial charge >= 0.3 is 0 Å². The van der Waals surface area contributed by atoms with Gasteiger partial charge in [0.15, 0.2) is 0 Å². The highest BCUT2D eigenvalue weighted by atomic mass is 35.5. The summed E-state index contributed by atoms with van der Waals surface area (Å²) in [6.07, 6.45) is 20.5. The summed E-state index contributed by atoms with van der Waals surface area (Å²) in [6, 6.07) is 0. The van der Waals surface area contributed by atoms with Crippen LogP contribution in [0.4, 0.5) is 0 Å². The molecule has 0 bridgehead atoms. The van der Waals surface area contributed by atoms with Gasteiger partial charge in [0, 0.05) is 5.88 Å². The van der Waals surface area contributed by atoms with Crippen molar-refractivity contribution < 1.29 is 0 Å². The first kappa shape index (κ1) is 15.8. The van der Waals surface area contributed by atoms with Gasteiger partial charge < -0.3 is 0 Å². The molecule has 0 fully saturated rings. The first-order chi connectivity index (χ1) is 7.91. The van der Waals surface area contributed by atoms with E-state index in [0.29, 0.717) is 0 Å². The number of alkyl halides is 1. The summed E-state index contributed by atoms with van der Waals surface area (Å²) in [7, 11) is 0. The van der Waals surface area contributed by atoms with Crippen molar-refractivity contribution in [1.29, 1.82) is 0 Å². The van der Waals surface area contributed by atoms with Crippen molar-refractivity contribution in [1.82, 2.24) is 0 Å². The first-order valence-electron chi connectivity index (χ1n) is 6.79. The summed E-state index contributed by atoms with van der Waals surface area (Å²) >= 11 is 5.62. The minimum Gasteiger partial charge on any atom is -0.127 e. The van der Waals surface area contributed by atoms with E-state index < -0.39 is 0 Å². The lowest BCUT2D eigenvalue weighted by atomic mass is 10.1. The molecule has 0 rings (SSSR count). The molecular formula is C15H27Cl. The summed E-state index contributed by atoms with van der Waals surface area (Å²) in [4.78, 5) is 0. The van der Waals surface area contributed by atoms with Crippen molar-refractivity contribution in [3.63, 3.8) is 0 Å². The van der Waals surface area contributed by atoms with Crippen molar-refractivity contribution >= 4 is 11.6 Å². The molecule has 0 aliphatic heterocycles. The minimum absolute atomic E-state index is 0.829. The molecule has 0 aliphatic carbocycles. The van der Waals surface area contributed by atoms with E-state index in [4.69, 9.17) is 11.6 Å². The van der Waals surface area contributed by atoms with Gasteiger partial charge in [0.1, 0.15) is 0 Å². The SMILES string of the molecule is CC/C=C\C=C/CCCCCCCCCCl. The Morgan fingerprint density at radius 2 is 1.31 bits per heavy atom. The second-order valence-electron chi connectivity index (χ2n) is 4.22. The zero-order valence-corrected chi connectivity index (χ0v) is 11.5. The Labute approximate surface area is 107 Å². The fourth-order valence-corrected chi connectivity index (χ4v) is 1.82. The van der Waals surface area contributed by atoms with Gasteiger partial charge in [-0.15, -0.1) is 11.6 Å². The Bertz CT molecular complexity index is 170. The second kappa shape index (κ2) is 14.8. The van der Waals surface area contributed by atoms with E-state index >= 15 is 0 Å². The lowest BCUT2D eigenvalue weighted by molar-refractivity contribution is 0.593. The number of allylic oxidation sites excluding steroid dienone is 4. The maximum atomic E-state index is 5.62. The fourth-order valence-electron chi connectivity index (χ4n) is 1.63. The summed E-state index contributed by atoms with van der Waals surface area (Å²) in [6.45, 7) is 2.16. The van der Waals surface area contributed by atoms with E-state index in [-0.39, 0.29) is 0 Å². The molecule has 0 nitrogen and oxygen atoms in total. The van der Waals surface area contributed by atoms with Crippen LogP contribution >= 0.6 is 11.6 Å². The largest absolute Gasteiger partial charge is 0.127 e. The molecule has 1 heteroatoms. The summed E-state index contributed by atoms with van der Waals surface area (Å²) < 4.78 is 0. The third kappa shape index (κ3) is 13.8. The molecule has 0 aliphatic rings. The maximum Gasteiger partial charge on any atom is 0.0223 e. The molecule has 0 radical (unpaired) electrons. The molecule has 0 saturated heterocycles. The lowest BCUT2D eigenvalue weighted by Gasteiger charge is -1.99. The predicted octanol–water partition coefficient (Wildman–Crippen LogP) is 5.87. The van der Waals surface area contributed by atoms with Crippen molar-refractivity contribution in [3.8, 4) is 0 Å². The molecule has 0 atom stereocenters. The van der Waals surface area contributed by atoms with Crippen LogP contribution in [0.15, 0.2) is 24.3 Å². The van der Waals surface area contributed by atoms with Crippen molar-refractivity contribution in [2.75, 3.05) is 5.88 Å². The van der Waals surface area contributed by atoms with E-state index in [1.165, 1.54) is 51.4 Å². The second-order valence-corrected chi connectivity index (χ2v) is 4.60. The molecule has 0 N–H and O–H groups in total. The predicted molar refractivity (Wildman–Crippen MR) is 76.2 cm³/mol. The highest BCUT2D eigenvalue weighted by Crippen LogP contribution is 2.09. The smallest absolute Gasteiger partial charge is 0.0223 e. The van der Waals surface area contributed by atoms with Crippen LogP contribution in [0.2, 0.25) is 0 Å². The van der Waals surface area contributed by atoms with Gasteiger partial charge in [0.25, 0.3) is 0 Å². The number of halogens is 1. The first-order valence-corrected chi connectivity index (χ1v) is 7.33. The zero-order chi connectivity index (χ0) is 11.9. The van der Waals surface area contributed by atoms with Gasteiger partial charge in [-0.2, -0.15) is 0 Å². The zero-order valence-electron chi connectivity index (χ0n) is 10.8. The summed E-state index contributed by atoms with van der Waals surface area (Å²) in [5.41, 5.74) is 0. The van der Waals surface area contributed by atoms with Crippen LogP contribution in [-0.2, 0) is 0 Å². The fraction of sp³-hybridized carbons (Fsp3) is 0.733. The standard InChI is InChI=1S/C15H27Cl/c1-2-3-4-5-6-7-8-9-10-11-12-13-14-15-16/h3-6H,2,7-15H2,1H3/b4-3-,6-5-. The Kier molecular flexibility index (Phi) is 14.6. The van der Waals surface area contributed by atoms with E-state index in [2.05, 4.69) is 31.2 Å². The monoisotopic (exact) mass is 242 g/mol. The van der Waals surface area contributed by atoms with Crippen molar-refractivity contribution in [2.45, 2.75) is 64.7 Å². The van der Waals surface area contributed by atoms with E-state index in [1.54, 1.807) is 0 Å². The average molecular weight is 243 g/mol. The van der Waals surface area contributed by atoms with Crippen LogP contribution in [0, 0.1) is 0 Å². The number of rotatable bonds is 11. The van der Waals surface area contributed by atoms with Gasteiger partial charge in [-0.1, -0.05) is 63.3 Å². The van der Waals surface area contributed by atoms with Crippen LogP contribution in [0.1, 0.15) is 64.7 Å². The van der Waals surface area contributed by atoms with Crippen molar-refractivity contribution in [2.24, 2.45) is 0 Å². The molecule has 0 aromatic rings. The molecule has 0 heterocycles. The highest BCUT2D eigenvalue weighted by molar-refractivity contribution is 6.17. The minimum atomic E-state index is 0.829. The Balaban J connectivity index is 3.03. The molecule has 0 aromatic carbocycles. The van der Waals surface area contributed by atoms with Crippen LogP contribution in [0.25, 0.3) is 0 Å². The average Bonchev–Trinajstić information content (AvgIpc) is 2.31. The highest BCUT2D eigenvalue weighted by Gasteiger charge is 1.90. The lowest BCUT2D eigenvalue weighted by Crippen LogP contribution is -1.80.